The SMILES string of the molecule is CC1CC(Nc2ccc(Br)c(C(F)(F)F)c2)CCO1. The van der Waals surface area contributed by atoms with Gasteiger partial charge in [0, 0.05) is 22.8 Å². The van der Waals surface area contributed by atoms with Gasteiger partial charge in [-0.2, -0.15) is 13.2 Å². The lowest BCUT2D eigenvalue weighted by molar-refractivity contribution is -0.138. The van der Waals surface area contributed by atoms with E-state index in [0.717, 1.165) is 18.9 Å². The van der Waals surface area contributed by atoms with Crippen molar-refractivity contribution in [3.05, 3.63) is 28.2 Å². The highest BCUT2D eigenvalue weighted by Crippen LogP contribution is 2.36. The van der Waals surface area contributed by atoms with Crippen molar-refractivity contribution in [2.75, 3.05) is 11.9 Å². The molecule has 1 heterocycles. The van der Waals surface area contributed by atoms with Gasteiger partial charge in [-0.3, -0.25) is 0 Å². The van der Waals surface area contributed by atoms with Gasteiger partial charge >= 0.3 is 6.18 Å². The Labute approximate surface area is 118 Å². The molecule has 1 aromatic carbocycles. The van der Waals surface area contributed by atoms with Crippen molar-refractivity contribution in [2.45, 2.75) is 38.1 Å². The summed E-state index contributed by atoms with van der Waals surface area (Å²) in [6.07, 6.45) is -2.60. The minimum absolute atomic E-state index is 0.0610. The average Bonchev–Trinajstić information content (AvgIpc) is 2.30. The monoisotopic (exact) mass is 337 g/mol. The minimum atomic E-state index is -4.35. The zero-order chi connectivity index (χ0) is 14.0. The summed E-state index contributed by atoms with van der Waals surface area (Å²) in [4.78, 5) is 0. The number of rotatable bonds is 2. The number of hydrogen-bond donors (Lipinski definition) is 1. The molecule has 1 aliphatic heterocycles. The second kappa shape index (κ2) is 5.71. The molecule has 0 spiro atoms. The molecule has 2 atom stereocenters. The zero-order valence-corrected chi connectivity index (χ0v) is 12.0. The highest BCUT2D eigenvalue weighted by atomic mass is 79.9. The third kappa shape index (κ3) is 3.86. The van der Waals surface area contributed by atoms with Crippen LogP contribution in [0, 0.1) is 0 Å². The maximum absolute atomic E-state index is 12.8. The first-order chi connectivity index (χ1) is 8.86. The van der Waals surface area contributed by atoms with Crippen LogP contribution in [0.1, 0.15) is 25.3 Å². The summed E-state index contributed by atoms with van der Waals surface area (Å²) in [6, 6.07) is 4.38. The number of anilines is 1. The third-order valence-electron chi connectivity index (χ3n) is 3.13. The van der Waals surface area contributed by atoms with Crippen LogP contribution in [0.15, 0.2) is 22.7 Å². The Kier molecular flexibility index (Phi) is 4.40. The minimum Gasteiger partial charge on any atom is -0.382 e. The normalized spacial score (nSPS) is 24.3. The largest absolute Gasteiger partial charge is 0.417 e. The molecule has 1 aliphatic rings. The Balaban J connectivity index is 2.13. The summed E-state index contributed by atoms with van der Waals surface area (Å²) in [7, 11) is 0. The molecular weight excluding hydrogens is 323 g/mol. The lowest BCUT2D eigenvalue weighted by Gasteiger charge is -2.29. The Morgan fingerprint density at radius 3 is 2.74 bits per heavy atom. The summed E-state index contributed by atoms with van der Waals surface area (Å²) in [5.41, 5.74) is -0.160. The van der Waals surface area contributed by atoms with E-state index >= 15 is 0 Å². The Morgan fingerprint density at radius 2 is 2.11 bits per heavy atom. The van der Waals surface area contributed by atoms with E-state index in [-0.39, 0.29) is 16.6 Å². The molecule has 6 heteroatoms. The van der Waals surface area contributed by atoms with Crippen molar-refractivity contribution < 1.29 is 17.9 Å². The molecule has 0 amide bonds. The fraction of sp³-hybridized carbons (Fsp3) is 0.538. The maximum Gasteiger partial charge on any atom is 0.417 e. The van der Waals surface area contributed by atoms with Crippen molar-refractivity contribution in [1.82, 2.24) is 0 Å². The number of hydrogen-bond acceptors (Lipinski definition) is 2. The van der Waals surface area contributed by atoms with Crippen molar-refractivity contribution >= 4 is 21.6 Å². The van der Waals surface area contributed by atoms with Crippen LogP contribution in [0.5, 0.6) is 0 Å². The standard InChI is InChI=1S/C13H15BrF3NO/c1-8-6-10(4-5-19-8)18-9-2-3-12(14)11(7-9)13(15,16)17/h2-3,7-8,10,18H,4-6H2,1H3. The molecule has 106 valence electrons. The molecule has 0 aliphatic carbocycles. The van der Waals surface area contributed by atoms with Crippen LogP contribution in [0.2, 0.25) is 0 Å². The molecule has 1 N–H and O–H groups in total. The Hall–Kier alpha value is -0.750. The van der Waals surface area contributed by atoms with Crippen LogP contribution in [0.3, 0.4) is 0 Å². The molecular formula is C13H15BrF3NO. The van der Waals surface area contributed by atoms with E-state index in [1.54, 1.807) is 6.07 Å². The van der Waals surface area contributed by atoms with Gasteiger partial charge in [-0.05, 0) is 38.0 Å². The zero-order valence-electron chi connectivity index (χ0n) is 10.4. The third-order valence-corrected chi connectivity index (χ3v) is 3.82. The van der Waals surface area contributed by atoms with E-state index in [1.165, 1.54) is 6.07 Å². The van der Waals surface area contributed by atoms with E-state index in [4.69, 9.17) is 4.74 Å². The smallest absolute Gasteiger partial charge is 0.382 e. The predicted octanol–water partition coefficient (Wildman–Crippen LogP) is 4.45. The first-order valence-electron chi connectivity index (χ1n) is 6.11. The van der Waals surface area contributed by atoms with E-state index in [0.29, 0.717) is 12.3 Å². The van der Waals surface area contributed by atoms with Gasteiger partial charge in [-0.15, -0.1) is 0 Å². The number of nitrogens with one attached hydrogen (secondary N) is 1. The van der Waals surface area contributed by atoms with Crippen molar-refractivity contribution in [2.24, 2.45) is 0 Å². The van der Waals surface area contributed by atoms with Gasteiger partial charge in [0.05, 0.1) is 11.7 Å². The quantitative estimate of drug-likeness (QED) is 0.860. The highest BCUT2D eigenvalue weighted by Gasteiger charge is 2.33. The summed E-state index contributed by atoms with van der Waals surface area (Å²) < 4.78 is 43.9. The highest BCUT2D eigenvalue weighted by molar-refractivity contribution is 9.10. The number of ether oxygens (including phenoxy) is 1. The van der Waals surface area contributed by atoms with Crippen molar-refractivity contribution in [1.29, 1.82) is 0 Å². The molecule has 0 radical (unpaired) electrons. The average molecular weight is 338 g/mol. The molecule has 1 aromatic rings. The van der Waals surface area contributed by atoms with Crippen LogP contribution in [-0.4, -0.2) is 18.8 Å². The van der Waals surface area contributed by atoms with Gasteiger partial charge in [-0.1, -0.05) is 15.9 Å². The van der Waals surface area contributed by atoms with Crippen LogP contribution >= 0.6 is 15.9 Å². The lowest BCUT2D eigenvalue weighted by atomic mass is 10.0. The molecule has 1 saturated heterocycles. The molecule has 2 unspecified atom stereocenters. The van der Waals surface area contributed by atoms with Gasteiger partial charge in [0.15, 0.2) is 0 Å². The first-order valence-corrected chi connectivity index (χ1v) is 6.90. The fourth-order valence-electron chi connectivity index (χ4n) is 2.20. The molecule has 1 fully saturated rings. The summed E-state index contributed by atoms with van der Waals surface area (Å²) in [5, 5.41) is 3.15. The van der Waals surface area contributed by atoms with Gasteiger partial charge < -0.3 is 10.1 Å². The van der Waals surface area contributed by atoms with E-state index < -0.39 is 11.7 Å². The number of benzene rings is 1. The van der Waals surface area contributed by atoms with Crippen molar-refractivity contribution in [3.63, 3.8) is 0 Å². The van der Waals surface area contributed by atoms with Crippen LogP contribution < -0.4 is 5.32 Å². The Morgan fingerprint density at radius 1 is 1.37 bits per heavy atom. The lowest BCUT2D eigenvalue weighted by Crippen LogP contribution is -2.32. The molecule has 19 heavy (non-hydrogen) atoms. The van der Waals surface area contributed by atoms with Gasteiger partial charge in [0.1, 0.15) is 0 Å². The molecule has 0 bridgehead atoms. The van der Waals surface area contributed by atoms with Crippen LogP contribution in [0.25, 0.3) is 0 Å². The van der Waals surface area contributed by atoms with Crippen LogP contribution in [0.4, 0.5) is 18.9 Å². The van der Waals surface area contributed by atoms with Crippen LogP contribution in [-0.2, 0) is 10.9 Å². The van der Waals surface area contributed by atoms with Gasteiger partial charge in [0.25, 0.3) is 0 Å². The molecule has 2 nitrogen and oxygen atoms in total. The topological polar surface area (TPSA) is 21.3 Å². The summed E-state index contributed by atoms with van der Waals surface area (Å²) >= 11 is 2.93. The first kappa shape index (κ1) is 14.7. The predicted molar refractivity (Wildman–Crippen MR) is 71.2 cm³/mol. The van der Waals surface area contributed by atoms with Crippen molar-refractivity contribution in [3.8, 4) is 0 Å². The molecule has 0 saturated carbocycles. The summed E-state index contributed by atoms with van der Waals surface area (Å²) in [5.74, 6) is 0. The van der Waals surface area contributed by atoms with E-state index in [1.807, 2.05) is 6.92 Å². The van der Waals surface area contributed by atoms with E-state index in [2.05, 4.69) is 21.2 Å². The Bertz CT molecular complexity index is 450. The van der Waals surface area contributed by atoms with E-state index in [9.17, 15) is 13.2 Å². The second-order valence-corrected chi connectivity index (χ2v) is 5.59. The summed E-state index contributed by atoms with van der Waals surface area (Å²) in [6.45, 7) is 2.61. The fourth-order valence-corrected chi connectivity index (χ4v) is 2.67. The van der Waals surface area contributed by atoms with Gasteiger partial charge in [0.2, 0.25) is 0 Å². The van der Waals surface area contributed by atoms with Gasteiger partial charge in [-0.25, -0.2) is 0 Å². The molecule has 2 rings (SSSR count). The number of alkyl halides is 3. The number of halogens is 4. The maximum atomic E-state index is 12.8. The second-order valence-electron chi connectivity index (χ2n) is 4.74. The molecule has 0 aromatic heterocycles.